The molecule has 2 N–H and O–H groups in total. The van der Waals surface area contributed by atoms with Crippen LogP contribution in [-0.4, -0.2) is 83.8 Å². The highest BCUT2D eigenvalue weighted by Gasteiger charge is 2.69. The lowest BCUT2D eigenvalue weighted by molar-refractivity contribution is -0.146. The number of alkyl carbamates (subject to hydrolysis) is 1. The molecule has 0 radical (unpaired) electrons. The highest BCUT2D eigenvalue weighted by Crippen LogP contribution is 2.65. The molecule has 3 aliphatic rings. The second-order valence-corrected chi connectivity index (χ2v) is 13.3. The molecule has 0 bridgehead atoms. The lowest BCUT2D eigenvalue weighted by Gasteiger charge is -2.37. The van der Waals surface area contributed by atoms with E-state index in [1.165, 1.54) is 19.0 Å². The number of piperidine rings is 1. The van der Waals surface area contributed by atoms with Gasteiger partial charge in [0.05, 0.1) is 6.04 Å². The van der Waals surface area contributed by atoms with Gasteiger partial charge in [-0.3, -0.25) is 19.2 Å². The van der Waals surface area contributed by atoms with Gasteiger partial charge in [0.25, 0.3) is 5.91 Å². The molecule has 1 saturated heterocycles. The minimum Gasteiger partial charge on any atom is -0.444 e. The van der Waals surface area contributed by atoms with Crippen LogP contribution in [0.4, 0.5) is 4.79 Å². The van der Waals surface area contributed by atoms with Gasteiger partial charge >= 0.3 is 6.09 Å². The Labute approximate surface area is 232 Å². The predicted molar refractivity (Wildman–Crippen MR) is 147 cm³/mol. The smallest absolute Gasteiger partial charge is 0.408 e. The second kappa shape index (κ2) is 11.8. The molecule has 1 unspecified atom stereocenters. The minimum absolute atomic E-state index is 0.0421. The molecule has 10 nitrogen and oxygen atoms in total. The maximum atomic E-state index is 14.1. The molecule has 2 aliphatic carbocycles. The van der Waals surface area contributed by atoms with Gasteiger partial charge in [0.1, 0.15) is 17.7 Å². The van der Waals surface area contributed by atoms with E-state index in [2.05, 4.69) is 24.5 Å². The third-order valence-corrected chi connectivity index (χ3v) is 8.65. The monoisotopic (exact) mass is 548 g/mol. The number of nitrogens with one attached hydrogen (secondary N) is 2. The molecule has 0 aromatic heterocycles. The summed E-state index contributed by atoms with van der Waals surface area (Å²) in [6.45, 7) is 11.8. The Bertz CT molecular complexity index is 965. The normalized spacial score (nSPS) is 25.6. The Morgan fingerprint density at radius 3 is 2.18 bits per heavy atom. The van der Waals surface area contributed by atoms with Crippen LogP contribution in [0.1, 0.15) is 86.5 Å². The van der Waals surface area contributed by atoms with Gasteiger partial charge in [-0.1, -0.05) is 46.5 Å². The van der Waals surface area contributed by atoms with Gasteiger partial charge in [-0.15, -0.1) is 0 Å². The first kappa shape index (κ1) is 30.9. The van der Waals surface area contributed by atoms with Gasteiger partial charge in [0.15, 0.2) is 0 Å². The molecule has 3 rings (SSSR count). The van der Waals surface area contributed by atoms with Crippen LogP contribution in [0.3, 0.4) is 0 Å². The number of amides is 4. The average molecular weight is 549 g/mol. The van der Waals surface area contributed by atoms with Crippen molar-refractivity contribution in [1.29, 1.82) is 0 Å². The van der Waals surface area contributed by atoms with Gasteiger partial charge < -0.3 is 25.2 Å². The standard InChI is InChI=1S/C29H48N4O6/c1-9-13-19(23(34)26(37)32(7)8)30-24(35)22-20-18(29(20,5)6)16-33(22)25(36)21(17-14-11-10-12-15-17)31-27(38)39-28(2,3)4/h17-22H,9-16H2,1-8H3,(H,30,35)(H,31,38)/t18-,19?,20-,21-,22-/m0/s1. The largest absolute Gasteiger partial charge is 0.444 e. The molecule has 1 heterocycles. The lowest BCUT2D eigenvalue weighted by atomic mass is 9.83. The SMILES string of the molecule is CCCC(NC(=O)[C@@H]1[C@@H]2[C@H](CN1C(=O)[C@@H](NC(=O)OC(C)(C)C)C1CCCCC1)C2(C)C)C(=O)C(=O)N(C)C. The zero-order valence-corrected chi connectivity index (χ0v) is 25.0. The zero-order chi connectivity index (χ0) is 29.3. The van der Waals surface area contributed by atoms with Gasteiger partial charge in [-0.05, 0) is 63.2 Å². The van der Waals surface area contributed by atoms with Crippen molar-refractivity contribution < 1.29 is 28.7 Å². The lowest BCUT2D eigenvalue weighted by Crippen LogP contribution is -2.59. The zero-order valence-electron chi connectivity index (χ0n) is 25.0. The van der Waals surface area contributed by atoms with Crippen molar-refractivity contribution in [1.82, 2.24) is 20.4 Å². The quantitative estimate of drug-likeness (QED) is 0.427. The van der Waals surface area contributed by atoms with Crippen molar-refractivity contribution in [3.63, 3.8) is 0 Å². The second-order valence-electron chi connectivity index (χ2n) is 13.3. The van der Waals surface area contributed by atoms with E-state index in [1.807, 2.05) is 6.92 Å². The van der Waals surface area contributed by atoms with Crippen LogP contribution >= 0.6 is 0 Å². The number of hydrogen-bond donors (Lipinski definition) is 2. The first-order chi connectivity index (χ1) is 18.1. The van der Waals surface area contributed by atoms with Crippen molar-refractivity contribution in [3.05, 3.63) is 0 Å². The Balaban J connectivity index is 1.85. The summed E-state index contributed by atoms with van der Waals surface area (Å²) in [7, 11) is 3.01. The van der Waals surface area contributed by atoms with Crippen LogP contribution in [0.25, 0.3) is 0 Å². The summed E-state index contributed by atoms with van der Waals surface area (Å²) in [5.74, 6) is -1.98. The number of likely N-dealkylation sites (tertiary alicyclic amines) is 1. The third-order valence-electron chi connectivity index (χ3n) is 8.65. The van der Waals surface area contributed by atoms with E-state index in [0.29, 0.717) is 19.4 Å². The molecule has 1 aliphatic heterocycles. The Hall–Kier alpha value is -2.65. The van der Waals surface area contributed by atoms with Crippen molar-refractivity contribution >= 4 is 29.6 Å². The van der Waals surface area contributed by atoms with E-state index < -0.39 is 47.4 Å². The third kappa shape index (κ3) is 6.92. The summed E-state index contributed by atoms with van der Waals surface area (Å²) < 4.78 is 5.48. The number of Topliss-reactive ketones (excluding diaryl/α,β-unsaturated/α-hetero) is 1. The molecule has 5 atom stereocenters. The number of carbonyl (C=O) groups excluding carboxylic acids is 5. The van der Waals surface area contributed by atoms with E-state index in [4.69, 9.17) is 4.74 Å². The number of ketones is 1. The fourth-order valence-electron chi connectivity index (χ4n) is 6.46. The molecule has 4 amide bonds. The highest BCUT2D eigenvalue weighted by atomic mass is 16.6. The summed E-state index contributed by atoms with van der Waals surface area (Å²) in [6, 6.07) is -2.52. The van der Waals surface area contributed by atoms with E-state index >= 15 is 0 Å². The topological polar surface area (TPSA) is 125 Å². The Morgan fingerprint density at radius 1 is 1.03 bits per heavy atom. The van der Waals surface area contributed by atoms with Gasteiger partial charge in [0, 0.05) is 20.6 Å². The van der Waals surface area contributed by atoms with Crippen LogP contribution in [0.2, 0.25) is 0 Å². The molecule has 0 spiro atoms. The Morgan fingerprint density at radius 2 is 1.64 bits per heavy atom. The summed E-state index contributed by atoms with van der Waals surface area (Å²) >= 11 is 0. The summed E-state index contributed by atoms with van der Waals surface area (Å²) in [5, 5.41) is 5.67. The van der Waals surface area contributed by atoms with E-state index in [1.54, 1.807) is 25.7 Å². The van der Waals surface area contributed by atoms with Gasteiger partial charge in [0.2, 0.25) is 17.6 Å². The molecule has 0 aromatic carbocycles. The van der Waals surface area contributed by atoms with Crippen molar-refractivity contribution in [2.45, 2.75) is 110 Å². The molecule has 39 heavy (non-hydrogen) atoms. The number of fused-ring (bicyclic) bond motifs is 1. The maximum Gasteiger partial charge on any atom is 0.408 e. The highest BCUT2D eigenvalue weighted by molar-refractivity contribution is 6.38. The number of likely N-dealkylation sites (N-methyl/N-ethyl adjacent to an activating group) is 1. The number of hydrogen-bond acceptors (Lipinski definition) is 6. The molecule has 220 valence electrons. The van der Waals surface area contributed by atoms with Crippen LogP contribution in [0, 0.1) is 23.2 Å². The first-order valence-corrected chi connectivity index (χ1v) is 14.5. The van der Waals surface area contributed by atoms with Crippen molar-refractivity contribution in [2.24, 2.45) is 23.2 Å². The number of ether oxygens (including phenoxy) is 1. The maximum absolute atomic E-state index is 14.1. The van der Waals surface area contributed by atoms with E-state index in [0.717, 1.165) is 32.1 Å². The molecule has 0 aromatic rings. The summed E-state index contributed by atoms with van der Waals surface area (Å²) in [5.41, 5.74) is -0.835. The van der Waals surface area contributed by atoms with Crippen LogP contribution in [0.5, 0.6) is 0 Å². The molecule has 3 fully saturated rings. The van der Waals surface area contributed by atoms with Gasteiger partial charge in [-0.25, -0.2) is 4.79 Å². The molecular formula is C29H48N4O6. The van der Waals surface area contributed by atoms with Crippen molar-refractivity contribution in [2.75, 3.05) is 20.6 Å². The van der Waals surface area contributed by atoms with Gasteiger partial charge in [-0.2, -0.15) is 0 Å². The summed E-state index contributed by atoms with van der Waals surface area (Å²) in [6.07, 6.45) is 4.96. The van der Waals surface area contributed by atoms with E-state index in [-0.39, 0.29) is 29.1 Å². The average Bonchev–Trinajstić information content (AvgIpc) is 3.17. The van der Waals surface area contributed by atoms with Crippen LogP contribution < -0.4 is 10.6 Å². The minimum atomic E-state index is -0.954. The fourth-order valence-corrected chi connectivity index (χ4v) is 6.46. The van der Waals surface area contributed by atoms with E-state index in [9.17, 15) is 24.0 Å². The van der Waals surface area contributed by atoms with Crippen molar-refractivity contribution in [3.8, 4) is 0 Å². The predicted octanol–water partition coefficient (Wildman–Crippen LogP) is 2.89. The first-order valence-electron chi connectivity index (χ1n) is 14.5. The summed E-state index contributed by atoms with van der Waals surface area (Å²) in [4.78, 5) is 68.7. The molecule has 2 saturated carbocycles. The molecule has 10 heteroatoms. The molecular weight excluding hydrogens is 500 g/mol. The number of carbonyl (C=O) groups is 5. The number of nitrogens with zero attached hydrogens (tertiary/aromatic N) is 2. The van der Waals surface area contributed by atoms with Crippen LogP contribution in [0.15, 0.2) is 0 Å². The number of rotatable bonds is 9. The van der Waals surface area contributed by atoms with Crippen LogP contribution in [-0.2, 0) is 23.9 Å². The Kier molecular flexibility index (Phi) is 9.38. The fraction of sp³-hybridized carbons (Fsp3) is 0.828.